The SMILES string of the molecule is COc1ccc(COc2ccccc2CCC[C@H](O)Cn2cnc(C(N)=O)c2)cc1. The normalized spacial score (nSPS) is 11.8. The molecular weight excluding hydrogens is 382 g/mol. The minimum Gasteiger partial charge on any atom is -0.497 e. The van der Waals surface area contributed by atoms with Crippen molar-refractivity contribution in [1.29, 1.82) is 0 Å². The third-order valence-electron chi connectivity index (χ3n) is 4.82. The van der Waals surface area contributed by atoms with E-state index < -0.39 is 12.0 Å². The molecule has 158 valence electrons. The van der Waals surface area contributed by atoms with Crippen LogP contribution in [-0.4, -0.2) is 33.8 Å². The van der Waals surface area contributed by atoms with Crippen LogP contribution in [0.2, 0.25) is 0 Å². The van der Waals surface area contributed by atoms with Gasteiger partial charge in [-0.1, -0.05) is 30.3 Å². The van der Waals surface area contributed by atoms with Crippen LogP contribution in [-0.2, 0) is 19.6 Å². The third kappa shape index (κ3) is 6.09. The van der Waals surface area contributed by atoms with Crippen molar-refractivity contribution in [1.82, 2.24) is 9.55 Å². The Morgan fingerprint density at radius 2 is 1.97 bits per heavy atom. The summed E-state index contributed by atoms with van der Waals surface area (Å²) in [6.07, 6.45) is 4.75. The predicted octanol–water partition coefficient (Wildman–Crippen LogP) is 2.95. The smallest absolute Gasteiger partial charge is 0.268 e. The van der Waals surface area contributed by atoms with E-state index in [1.807, 2.05) is 48.5 Å². The predicted molar refractivity (Wildman–Crippen MR) is 113 cm³/mol. The zero-order valence-electron chi connectivity index (χ0n) is 17.0. The van der Waals surface area contributed by atoms with Gasteiger partial charge in [-0.15, -0.1) is 0 Å². The molecule has 0 radical (unpaired) electrons. The van der Waals surface area contributed by atoms with Crippen molar-refractivity contribution < 1.29 is 19.4 Å². The van der Waals surface area contributed by atoms with E-state index in [1.54, 1.807) is 17.9 Å². The fourth-order valence-corrected chi connectivity index (χ4v) is 3.18. The molecule has 0 aliphatic heterocycles. The fraction of sp³-hybridized carbons (Fsp3) is 0.304. The number of hydrogen-bond donors (Lipinski definition) is 2. The highest BCUT2D eigenvalue weighted by molar-refractivity contribution is 5.90. The second-order valence-corrected chi connectivity index (χ2v) is 7.11. The number of carbonyl (C=O) groups is 1. The number of nitrogens with zero attached hydrogens (tertiary/aromatic N) is 2. The van der Waals surface area contributed by atoms with Gasteiger partial charge in [-0.25, -0.2) is 4.98 Å². The number of aliphatic hydroxyl groups is 1. The van der Waals surface area contributed by atoms with Crippen molar-refractivity contribution in [3.05, 3.63) is 77.9 Å². The summed E-state index contributed by atoms with van der Waals surface area (Å²) in [5, 5.41) is 10.3. The van der Waals surface area contributed by atoms with E-state index in [0.717, 1.165) is 35.5 Å². The average Bonchev–Trinajstić information content (AvgIpc) is 3.22. The molecule has 1 aromatic heterocycles. The van der Waals surface area contributed by atoms with E-state index >= 15 is 0 Å². The van der Waals surface area contributed by atoms with E-state index in [2.05, 4.69) is 4.98 Å². The molecule has 0 bridgehead atoms. The van der Waals surface area contributed by atoms with Crippen LogP contribution < -0.4 is 15.2 Å². The molecule has 0 spiro atoms. The number of hydrogen-bond acceptors (Lipinski definition) is 5. The van der Waals surface area contributed by atoms with E-state index in [1.165, 1.54) is 6.33 Å². The van der Waals surface area contributed by atoms with Gasteiger partial charge in [-0.3, -0.25) is 4.79 Å². The summed E-state index contributed by atoms with van der Waals surface area (Å²) < 4.78 is 12.9. The zero-order valence-corrected chi connectivity index (χ0v) is 17.0. The summed E-state index contributed by atoms with van der Waals surface area (Å²) in [6.45, 7) is 0.850. The van der Waals surface area contributed by atoms with Crippen molar-refractivity contribution in [3.63, 3.8) is 0 Å². The molecule has 3 rings (SSSR count). The van der Waals surface area contributed by atoms with Crippen molar-refractivity contribution in [3.8, 4) is 11.5 Å². The second-order valence-electron chi connectivity index (χ2n) is 7.11. The standard InChI is InChI=1S/C23H27N3O4/c1-29-20-11-9-17(10-12-20)15-30-22-8-3-2-5-18(22)6-4-7-19(27)13-26-14-21(23(24)28)25-16-26/h2-3,5,8-12,14,16,19,27H,4,6-7,13,15H2,1H3,(H2,24,28)/t19-/m0/s1. The van der Waals surface area contributed by atoms with Gasteiger partial charge in [0, 0.05) is 12.7 Å². The summed E-state index contributed by atoms with van der Waals surface area (Å²) in [4.78, 5) is 15.0. The van der Waals surface area contributed by atoms with Crippen LogP contribution in [0, 0.1) is 0 Å². The molecule has 3 N–H and O–H groups in total. The quantitative estimate of drug-likeness (QED) is 0.507. The summed E-state index contributed by atoms with van der Waals surface area (Å²) in [6, 6.07) is 15.8. The number of rotatable bonds is 11. The minimum atomic E-state index is -0.575. The maximum absolute atomic E-state index is 11.1. The number of aliphatic hydroxyl groups excluding tert-OH is 1. The van der Waals surface area contributed by atoms with E-state index in [0.29, 0.717) is 19.6 Å². The molecule has 7 heteroatoms. The average molecular weight is 409 g/mol. The molecule has 1 heterocycles. The van der Waals surface area contributed by atoms with Gasteiger partial charge in [0.2, 0.25) is 0 Å². The topological polar surface area (TPSA) is 99.6 Å². The van der Waals surface area contributed by atoms with E-state index in [4.69, 9.17) is 15.2 Å². The Balaban J connectivity index is 1.48. The van der Waals surface area contributed by atoms with Crippen LogP contribution in [0.25, 0.3) is 0 Å². The molecule has 0 unspecified atom stereocenters. The molecule has 2 aromatic carbocycles. The lowest BCUT2D eigenvalue weighted by atomic mass is 10.0. The number of aromatic nitrogens is 2. The monoisotopic (exact) mass is 409 g/mol. The van der Waals surface area contributed by atoms with Crippen LogP contribution in [0.4, 0.5) is 0 Å². The molecule has 1 amide bonds. The first-order valence-corrected chi connectivity index (χ1v) is 9.88. The minimum absolute atomic E-state index is 0.199. The summed E-state index contributed by atoms with van der Waals surface area (Å²) in [5.41, 5.74) is 7.57. The van der Waals surface area contributed by atoms with Crippen LogP contribution >= 0.6 is 0 Å². The summed E-state index contributed by atoms with van der Waals surface area (Å²) in [5.74, 6) is 1.09. The van der Waals surface area contributed by atoms with Crippen molar-refractivity contribution in [2.24, 2.45) is 5.73 Å². The Hall–Kier alpha value is -3.32. The number of methoxy groups -OCH3 is 1. The summed E-state index contributed by atoms with van der Waals surface area (Å²) >= 11 is 0. The second kappa shape index (κ2) is 10.5. The van der Waals surface area contributed by atoms with Crippen LogP contribution in [0.15, 0.2) is 61.1 Å². The number of imidazole rings is 1. The van der Waals surface area contributed by atoms with E-state index in [9.17, 15) is 9.90 Å². The van der Waals surface area contributed by atoms with Gasteiger partial charge in [-0.2, -0.15) is 0 Å². The number of carbonyl (C=O) groups excluding carboxylic acids is 1. The fourth-order valence-electron chi connectivity index (χ4n) is 3.18. The molecule has 0 aliphatic carbocycles. The van der Waals surface area contributed by atoms with Crippen molar-refractivity contribution >= 4 is 5.91 Å². The number of ether oxygens (including phenoxy) is 2. The van der Waals surface area contributed by atoms with Gasteiger partial charge in [0.05, 0.1) is 19.5 Å². The molecule has 0 aliphatic rings. The molecule has 0 fully saturated rings. The first kappa shape index (κ1) is 21.4. The first-order chi connectivity index (χ1) is 14.5. The molecule has 3 aromatic rings. The maximum atomic E-state index is 11.1. The Bertz CT molecular complexity index is 953. The lowest BCUT2D eigenvalue weighted by molar-refractivity contribution is 0.0995. The number of primary amides is 1. The van der Waals surface area contributed by atoms with Gasteiger partial charge < -0.3 is 24.9 Å². The molecule has 0 saturated carbocycles. The number of nitrogens with two attached hydrogens (primary N) is 1. The largest absolute Gasteiger partial charge is 0.497 e. The molecule has 1 atom stereocenters. The van der Waals surface area contributed by atoms with Crippen LogP contribution in [0.1, 0.15) is 34.5 Å². The van der Waals surface area contributed by atoms with Gasteiger partial charge in [0.25, 0.3) is 5.91 Å². The Kier molecular flexibility index (Phi) is 7.45. The number of aryl methyl sites for hydroxylation is 1. The maximum Gasteiger partial charge on any atom is 0.268 e. The van der Waals surface area contributed by atoms with Crippen molar-refractivity contribution in [2.75, 3.05) is 7.11 Å². The molecule has 0 saturated heterocycles. The zero-order chi connectivity index (χ0) is 21.3. The van der Waals surface area contributed by atoms with Crippen molar-refractivity contribution in [2.45, 2.75) is 38.5 Å². The van der Waals surface area contributed by atoms with Crippen LogP contribution in [0.5, 0.6) is 11.5 Å². The van der Waals surface area contributed by atoms with Crippen LogP contribution in [0.3, 0.4) is 0 Å². The third-order valence-corrected chi connectivity index (χ3v) is 4.82. The Morgan fingerprint density at radius 1 is 1.20 bits per heavy atom. The number of para-hydroxylation sites is 1. The lowest BCUT2D eigenvalue weighted by Crippen LogP contribution is -2.15. The lowest BCUT2D eigenvalue weighted by Gasteiger charge is -2.14. The molecular formula is C23H27N3O4. The molecule has 7 nitrogen and oxygen atoms in total. The first-order valence-electron chi connectivity index (χ1n) is 9.88. The Morgan fingerprint density at radius 3 is 2.67 bits per heavy atom. The van der Waals surface area contributed by atoms with E-state index in [-0.39, 0.29) is 5.69 Å². The van der Waals surface area contributed by atoms with Gasteiger partial charge in [0.1, 0.15) is 23.8 Å². The highest BCUT2D eigenvalue weighted by Crippen LogP contribution is 2.22. The number of benzene rings is 2. The highest BCUT2D eigenvalue weighted by Gasteiger charge is 2.10. The van der Waals surface area contributed by atoms with Gasteiger partial charge in [0.15, 0.2) is 0 Å². The molecule has 30 heavy (non-hydrogen) atoms. The van der Waals surface area contributed by atoms with Gasteiger partial charge in [-0.05, 0) is 48.6 Å². The Labute approximate surface area is 176 Å². The summed E-state index contributed by atoms with van der Waals surface area (Å²) in [7, 11) is 1.65. The highest BCUT2D eigenvalue weighted by atomic mass is 16.5. The number of amides is 1. The van der Waals surface area contributed by atoms with Gasteiger partial charge >= 0.3 is 0 Å².